The van der Waals surface area contributed by atoms with Gasteiger partial charge >= 0.3 is 41.5 Å². The molecule has 7 nitrogen and oxygen atoms in total. The van der Waals surface area contributed by atoms with Crippen LogP contribution in [-0.2, 0) is 29.2 Å². The van der Waals surface area contributed by atoms with Crippen molar-refractivity contribution in [2.75, 3.05) is 13.2 Å². The Labute approximate surface area is 166 Å². The average Bonchev–Trinajstić information content (AvgIpc) is 2.30. The first-order valence-corrected chi connectivity index (χ1v) is 8.67. The number of carbonyl (C=O) groups excluding carboxylic acids is 2. The molecule has 0 heterocycles. The molecule has 136 valence electrons. The Morgan fingerprint density at radius 2 is 1.25 bits per heavy atom. The zero-order valence-corrected chi connectivity index (χ0v) is 18.7. The molecule has 0 aromatic heterocycles. The summed E-state index contributed by atoms with van der Waals surface area (Å²) in [5, 5.41) is 0. The molecule has 1 atom stereocenters. The monoisotopic (exact) mass is 374 g/mol. The molecule has 0 fully saturated rings. The topological polar surface area (TPSA) is 110 Å². The zero-order chi connectivity index (χ0) is 18.7. The maximum Gasteiger partial charge on any atom is 1.00 e. The standard InChI is InChI=1S/C15H28O7S.Na/c1-13(2,3)9-21-11(16)8-15(7,23(18,19)20)12(17)22-10-14(4,5)6;/h8-10H2,1-7H3,(H,18,19,20);/q;+1/p-1. The third kappa shape index (κ3) is 9.36. The smallest absolute Gasteiger partial charge is 0.747 e. The molecule has 0 amide bonds. The summed E-state index contributed by atoms with van der Waals surface area (Å²) in [5.74, 6) is -2.18. The van der Waals surface area contributed by atoms with Gasteiger partial charge in [-0.2, -0.15) is 0 Å². The molecule has 0 aliphatic carbocycles. The van der Waals surface area contributed by atoms with Gasteiger partial charge in [0.25, 0.3) is 0 Å². The maximum absolute atomic E-state index is 12.1. The summed E-state index contributed by atoms with van der Waals surface area (Å²) in [7, 11) is -5.11. The molecule has 0 aromatic rings. The molecule has 1 unspecified atom stereocenters. The molecule has 24 heavy (non-hydrogen) atoms. The van der Waals surface area contributed by atoms with Crippen LogP contribution in [0, 0.1) is 10.8 Å². The van der Waals surface area contributed by atoms with E-state index in [4.69, 9.17) is 9.47 Å². The van der Waals surface area contributed by atoms with Gasteiger partial charge in [0.05, 0.1) is 19.6 Å². The first-order valence-electron chi connectivity index (χ1n) is 7.26. The summed E-state index contributed by atoms with van der Waals surface area (Å²) in [5.41, 5.74) is -0.731. The Balaban J connectivity index is 0. The van der Waals surface area contributed by atoms with Gasteiger partial charge < -0.3 is 14.0 Å². The van der Waals surface area contributed by atoms with Crippen LogP contribution in [0.3, 0.4) is 0 Å². The Kier molecular flexibility index (Phi) is 9.76. The molecular formula is C15H27NaO7S. The average molecular weight is 374 g/mol. The van der Waals surface area contributed by atoms with Crippen molar-refractivity contribution in [2.24, 2.45) is 10.8 Å². The fraction of sp³-hybridized carbons (Fsp3) is 0.867. The van der Waals surface area contributed by atoms with Crippen LogP contribution in [0.4, 0.5) is 0 Å². The Morgan fingerprint density at radius 1 is 0.875 bits per heavy atom. The summed E-state index contributed by atoms with van der Waals surface area (Å²) < 4.78 is 41.8. The van der Waals surface area contributed by atoms with Crippen LogP contribution in [0.5, 0.6) is 0 Å². The summed E-state index contributed by atoms with van der Waals surface area (Å²) in [6.45, 7) is 11.7. The largest absolute Gasteiger partial charge is 1.00 e. The summed E-state index contributed by atoms with van der Waals surface area (Å²) >= 11 is 0. The van der Waals surface area contributed by atoms with E-state index in [0.717, 1.165) is 6.92 Å². The van der Waals surface area contributed by atoms with Crippen LogP contribution < -0.4 is 29.6 Å². The van der Waals surface area contributed by atoms with E-state index >= 15 is 0 Å². The van der Waals surface area contributed by atoms with Gasteiger partial charge in [0.1, 0.15) is 10.1 Å². The predicted octanol–water partition coefficient (Wildman–Crippen LogP) is -1.14. The van der Waals surface area contributed by atoms with Gasteiger partial charge in [0.15, 0.2) is 4.75 Å². The molecule has 0 N–H and O–H groups in total. The molecule has 0 radical (unpaired) electrons. The van der Waals surface area contributed by atoms with Crippen LogP contribution in [-0.4, -0.2) is 42.9 Å². The summed E-state index contributed by atoms with van der Waals surface area (Å²) in [6.07, 6.45) is -0.877. The second-order valence-corrected chi connectivity index (χ2v) is 10.0. The first-order chi connectivity index (χ1) is 9.98. The van der Waals surface area contributed by atoms with Crippen LogP contribution in [0.25, 0.3) is 0 Å². The second-order valence-electron chi connectivity index (χ2n) is 8.22. The molecule has 9 heteroatoms. The number of hydrogen-bond acceptors (Lipinski definition) is 7. The minimum Gasteiger partial charge on any atom is -0.747 e. The quantitative estimate of drug-likeness (QED) is 0.328. The molecule has 0 rings (SSSR count). The molecular weight excluding hydrogens is 347 g/mol. The minimum atomic E-state index is -5.11. The number of rotatable bonds is 6. The van der Waals surface area contributed by atoms with Crippen LogP contribution in [0.15, 0.2) is 0 Å². The third-order valence-electron chi connectivity index (χ3n) is 2.77. The van der Waals surface area contributed by atoms with E-state index in [9.17, 15) is 22.6 Å². The van der Waals surface area contributed by atoms with Crippen LogP contribution in [0.2, 0.25) is 0 Å². The van der Waals surface area contributed by atoms with Crippen molar-refractivity contribution in [3.63, 3.8) is 0 Å². The van der Waals surface area contributed by atoms with Gasteiger partial charge in [-0.3, -0.25) is 9.59 Å². The minimum absolute atomic E-state index is 0. The van der Waals surface area contributed by atoms with Gasteiger partial charge in [-0.05, 0) is 17.8 Å². The predicted molar refractivity (Wildman–Crippen MR) is 83.5 cm³/mol. The number of esters is 2. The van der Waals surface area contributed by atoms with Crippen LogP contribution in [0.1, 0.15) is 54.9 Å². The third-order valence-corrected chi connectivity index (χ3v) is 4.18. The van der Waals surface area contributed by atoms with Gasteiger partial charge in [-0.1, -0.05) is 41.5 Å². The van der Waals surface area contributed by atoms with Crippen molar-refractivity contribution < 1.29 is 61.6 Å². The Hall–Kier alpha value is -0.150. The van der Waals surface area contributed by atoms with Crippen molar-refractivity contribution in [3.8, 4) is 0 Å². The molecule has 0 spiro atoms. The number of hydrogen-bond donors (Lipinski definition) is 0. The molecule has 0 aromatic carbocycles. The Morgan fingerprint density at radius 3 is 1.58 bits per heavy atom. The van der Waals surface area contributed by atoms with E-state index < -0.39 is 38.6 Å². The SMILES string of the molecule is CC(C)(C)COC(=O)CC(C)(C(=O)OCC(C)(C)C)S(=O)(=O)[O-].[Na+]. The maximum atomic E-state index is 12.1. The normalized spacial score (nSPS) is 15.0. The van der Waals surface area contributed by atoms with E-state index in [2.05, 4.69) is 0 Å². The first kappa shape index (κ1) is 26.1. The zero-order valence-electron chi connectivity index (χ0n) is 15.9. The fourth-order valence-corrected chi connectivity index (χ4v) is 1.88. The van der Waals surface area contributed by atoms with E-state index in [1.807, 2.05) is 20.8 Å². The molecule has 0 bridgehead atoms. The van der Waals surface area contributed by atoms with Gasteiger partial charge in [0, 0.05) is 0 Å². The van der Waals surface area contributed by atoms with Crippen molar-refractivity contribution in [3.05, 3.63) is 0 Å². The second kappa shape index (κ2) is 8.98. The van der Waals surface area contributed by atoms with Crippen molar-refractivity contribution in [2.45, 2.75) is 59.6 Å². The van der Waals surface area contributed by atoms with E-state index in [1.54, 1.807) is 20.8 Å². The van der Waals surface area contributed by atoms with Gasteiger partial charge in [-0.15, -0.1) is 0 Å². The van der Waals surface area contributed by atoms with Gasteiger partial charge in [0.2, 0.25) is 0 Å². The van der Waals surface area contributed by atoms with Crippen molar-refractivity contribution >= 4 is 22.1 Å². The van der Waals surface area contributed by atoms with E-state index in [1.165, 1.54) is 0 Å². The molecule has 0 aliphatic heterocycles. The Bertz CT molecular complexity index is 543. The van der Waals surface area contributed by atoms with Crippen molar-refractivity contribution in [1.82, 2.24) is 0 Å². The molecule has 0 aliphatic rings. The fourth-order valence-electron chi connectivity index (χ4n) is 1.32. The summed E-state index contributed by atoms with van der Waals surface area (Å²) in [6, 6.07) is 0. The molecule has 0 saturated carbocycles. The number of carbonyl (C=O) groups is 2. The van der Waals surface area contributed by atoms with Crippen molar-refractivity contribution in [1.29, 1.82) is 0 Å². The van der Waals surface area contributed by atoms with Gasteiger partial charge in [-0.25, -0.2) is 8.42 Å². The van der Waals surface area contributed by atoms with Crippen LogP contribution >= 0.6 is 0 Å². The summed E-state index contributed by atoms with van der Waals surface area (Å²) in [4.78, 5) is 23.9. The number of ether oxygens (including phenoxy) is 2. The van der Waals surface area contributed by atoms with E-state index in [-0.39, 0.29) is 48.2 Å². The van der Waals surface area contributed by atoms with E-state index in [0.29, 0.717) is 0 Å². The molecule has 0 saturated heterocycles.